The molecule has 0 aliphatic heterocycles. The summed E-state index contributed by atoms with van der Waals surface area (Å²) < 4.78 is 31.1. The van der Waals surface area contributed by atoms with Gasteiger partial charge in [0.05, 0.1) is 33.0 Å². The van der Waals surface area contributed by atoms with Gasteiger partial charge in [0, 0.05) is 0 Å². The molecule has 8 nitrogen and oxygen atoms in total. The van der Waals surface area contributed by atoms with E-state index in [9.17, 15) is 9.83 Å². The zero-order valence-corrected chi connectivity index (χ0v) is 15.8. The maximum atomic E-state index is 11.0. The number of nitriles is 1. The molecule has 0 fully saturated rings. The first kappa shape index (κ1) is 24.1. The molecule has 2 aromatic carbocycles. The van der Waals surface area contributed by atoms with Crippen LogP contribution >= 0.6 is 7.82 Å². The minimum absolute atomic E-state index is 0. The van der Waals surface area contributed by atoms with E-state index in [0.717, 1.165) is 0 Å². The van der Waals surface area contributed by atoms with Crippen molar-refractivity contribution < 1.29 is 33.1 Å². The van der Waals surface area contributed by atoms with E-state index in [2.05, 4.69) is 10.6 Å². The third kappa shape index (κ3) is 6.28. The molecule has 0 spiro atoms. The van der Waals surface area contributed by atoms with Gasteiger partial charge in [-0.2, -0.15) is 5.26 Å². The molecular weight excluding hydrogens is 396 g/mol. The number of benzene rings is 2. The molecule has 0 heterocycles. The molecule has 0 aliphatic carbocycles. The van der Waals surface area contributed by atoms with Crippen LogP contribution in [0.2, 0.25) is 0 Å². The van der Waals surface area contributed by atoms with Gasteiger partial charge in [-0.3, -0.25) is 9.79 Å². The second kappa shape index (κ2) is 10.5. The maximum absolute atomic E-state index is 11.0. The van der Waals surface area contributed by atoms with Gasteiger partial charge < -0.3 is 18.7 Å². The van der Waals surface area contributed by atoms with Crippen LogP contribution in [-0.2, 0) is 4.57 Å². The summed E-state index contributed by atoms with van der Waals surface area (Å²) in [7, 11) is -0.350. The number of phosphoric acid groups is 1. The van der Waals surface area contributed by atoms with Crippen molar-refractivity contribution in [2.75, 3.05) is 21.3 Å². The topological polar surface area (TPSA) is 118 Å². The van der Waals surface area contributed by atoms with Crippen LogP contribution in [0, 0.1) is 11.3 Å². The van der Waals surface area contributed by atoms with E-state index in [-0.39, 0.29) is 41.1 Å². The summed E-state index contributed by atoms with van der Waals surface area (Å²) >= 11 is 0. The molecule has 28 heavy (non-hydrogen) atoms. The number of rotatable bonds is 7. The van der Waals surface area contributed by atoms with E-state index < -0.39 is 7.82 Å². The van der Waals surface area contributed by atoms with Crippen LogP contribution < -0.4 is 18.7 Å². The fourth-order valence-electron chi connectivity index (χ4n) is 2.33. The Morgan fingerprint density at radius 2 is 1.54 bits per heavy atom. The number of ether oxygens (including phenoxy) is 3. The Hall–Kier alpha value is -1.98. The molecule has 0 aliphatic rings. The molecule has 0 saturated carbocycles. The van der Waals surface area contributed by atoms with Gasteiger partial charge in [0.15, 0.2) is 23.0 Å². The van der Waals surface area contributed by atoms with Crippen molar-refractivity contribution in [1.82, 2.24) is 0 Å². The average Bonchev–Trinajstić information content (AvgIpc) is 2.65. The van der Waals surface area contributed by atoms with Crippen LogP contribution in [0.1, 0.15) is 11.1 Å². The third-order valence-electron chi connectivity index (χ3n) is 3.53. The van der Waals surface area contributed by atoms with E-state index in [1.165, 1.54) is 33.5 Å². The fraction of sp³-hybridized carbons (Fsp3) is 0.167. The Labute approximate surface area is 184 Å². The van der Waals surface area contributed by atoms with Crippen LogP contribution in [0.15, 0.2) is 36.4 Å². The molecule has 0 atom stereocenters. The number of hydrogen-bond donors (Lipinski definition) is 2. The summed E-state index contributed by atoms with van der Waals surface area (Å²) in [5.41, 5.74) is 1.54. The number of allylic oxidation sites excluding steroid dienone is 1. The molecule has 2 rings (SSSR count). The van der Waals surface area contributed by atoms with Crippen LogP contribution in [0.5, 0.6) is 23.0 Å². The van der Waals surface area contributed by atoms with E-state index >= 15 is 0 Å². The summed E-state index contributed by atoms with van der Waals surface area (Å²) in [5.74, 6) is 1.04. The zero-order chi connectivity index (χ0) is 20.0. The first-order valence-corrected chi connectivity index (χ1v) is 9.11. The van der Waals surface area contributed by atoms with E-state index in [1.54, 1.807) is 30.3 Å². The van der Waals surface area contributed by atoms with Gasteiger partial charge in [0.25, 0.3) is 0 Å². The SMILES string of the molecule is COc1ccc(/C(C#N)=C/c2ccc(OP(=O)(O)O)c(OC)c2)cc1OC.[NaH]. The van der Waals surface area contributed by atoms with Gasteiger partial charge >= 0.3 is 37.4 Å². The van der Waals surface area contributed by atoms with Crippen molar-refractivity contribution in [1.29, 1.82) is 5.26 Å². The Kier molecular flexibility index (Phi) is 9.05. The summed E-state index contributed by atoms with van der Waals surface area (Å²) in [6.07, 6.45) is 1.60. The van der Waals surface area contributed by atoms with Crippen molar-refractivity contribution in [3.63, 3.8) is 0 Å². The van der Waals surface area contributed by atoms with Crippen molar-refractivity contribution >= 4 is 49.0 Å². The van der Waals surface area contributed by atoms with Gasteiger partial charge in [0.1, 0.15) is 0 Å². The molecule has 144 valence electrons. The van der Waals surface area contributed by atoms with Crippen molar-refractivity contribution in [2.45, 2.75) is 0 Å². The Bertz CT molecular complexity index is 949. The number of methoxy groups -OCH3 is 3. The molecule has 0 unspecified atom stereocenters. The molecular formula is C18H19NNaO7P. The summed E-state index contributed by atoms with van der Waals surface area (Å²) in [6.45, 7) is 0. The number of nitrogens with zero attached hydrogens (tertiary/aromatic N) is 1. The molecule has 2 aromatic rings. The van der Waals surface area contributed by atoms with Gasteiger partial charge in [-0.05, 0) is 47.5 Å². The van der Waals surface area contributed by atoms with Crippen molar-refractivity contribution in [3.05, 3.63) is 47.5 Å². The first-order valence-electron chi connectivity index (χ1n) is 7.58. The zero-order valence-electron chi connectivity index (χ0n) is 14.9. The molecule has 0 amide bonds. The summed E-state index contributed by atoms with van der Waals surface area (Å²) in [5, 5.41) is 9.52. The van der Waals surface area contributed by atoms with E-state index in [1.807, 2.05) is 0 Å². The molecule has 0 saturated heterocycles. The molecule has 0 radical (unpaired) electrons. The van der Waals surface area contributed by atoms with E-state index in [4.69, 9.17) is 24.0 Å². The van der Waals surface area contributed by atoms with Gasteiger partial charge in [-0.25, -0.2) is 4.57 Å². The van der Waals surface area contributed by atoms with Gasteiger partial charge in [0.2, 0.25) is 0 Å². The Balaban J connectivity index is 0.00000392. The molecule has 2 N–H and O–H groups in total. The van der Waals surface area contributed by atoms with E-state index in [0.29, 0.717) is 28.2 Å². The molecule has 0 aromatic heterocycles. The average molecular weight is 415 g/mol. The predicted molar refractivity (Wildman–Crippen MR) is 106 cm³/mol. The van der Waals surface area contributed by atoms with Crippen LogP contribution in [0.4, 0.5) is 0 Å². The van der Waals surface area contributed by atoms with Gasteiger partial charge in [-0.15, -0.1) is 0 Å². The van der Waals surface area contributed by atoms with Gasteiger partial charge in [-0.1, -0.05) is 6.07 Å². The molecule has 10 heteroatoms. The van der Waals surface area contributed by atoms with Crippen molar-refractivity contribution in [2.24, 2.45) is 0 Å². The van der Waals surface area contributed by atoms with Crippen LogP contribution in [0.3, 0.4) is 0 Å². The fourth-order valence-corrected chi connectivity index (χ4v) is 2.74. The monoisotopic (exact) mass is 415 g/mol. The first-order chi connectivity index (χ1) is 12.8. The predicted octanol–water partition coefficient (Wildman–Crippen LogP) is 2.60. The second-order valence-electron chi connectivity index (χ2n) is 5.23. The van der Waals surface area contributed by atoms with Crippen LogP contribution in [0.25, 0.3) is 11.6 Å². The van der Waals surface area contributed by atoms with Crippen LogP contribution in [-0.4, -0.2) is 60.7 Å². The summed E-state index contributed by atoms with van der Waals surface area (Å²) in [4.78, 5) is 17.9. The summed E-state index contributed by atoms with van der Waals surface area (Å²) in [6, 6.07) is 11.6. The normalized spacial score (nSPS) is 11.1. The Morgan fingerprint density at radius 3 is 2.07 bits per heavy atom. The number of hydrogen-bond acceptors (Lipinski definition) is 6. The second-order valence-corrected chi connectivity index (χ2v) is 6.40. The third-order valence-corrected chi connectivity index (χ3v) is 3.97. The standard InChI is InChI=1S/C18H18NO7P.Na.H/c1-23-15-7-5-13(10-18(15)25-3)14(11-19)8-12-4-6-16(17(9-12)24-2)26-27(20,21)22;;/h4-10H,1-3H3,(H2,20,21,22);;/b14-8+;;. The minimum atomic E-state index is -4.71. The molecule has 0 bridgehead atoms. The van der Waals surface area contributed by atoms with Crippen molar-refractivity contribution in [3.8, 4) is 29.1 Å². The number of phosphoric ester groups is 1. The quantitative estimate of drug-likeness (QED) is 0.307. The Morgan fingerprint density at radius 1 is 0.964 bits per heavy atom.